The predicted octanol–water partition coefficient (Wildman–Crippen LogP) is -0.604. The summed E-state index contributed by atoms with van der Waals surface area (Å²) < 4.78 is 14.6. The first-order valence-electron chi connectivity index (χ1n) is 5.26. The lowest BCUT2D eigenvalue weighted by atomic mass is 10.2. The second-order valence-electron chi connectivity index (χ2n) is 3.69. The Bertz CT molecular complexity index is 307. The minimum atomic E-state index is -1.48. The van der Waals surface area contributed by atoms with Gasteiger partial charge in [0.1, 0.15) is 19.8 Å². The Morgan fingerprint density at radius 1 is 0.895 bits per heavy atom. The average Bonchev–Trinajstić information content (AvgIpc) is 2.30. The van der Waals surface area contributed by atoms with Gasteiger partial charge in [-0.3, -0.25) is 0 Å². The molecule has 0 aliphatic carbocycles. The molecule has 110 valence electrons. The lowest BCUT2D eigenvalue weighted by molar-refractivity contribution is -0.237. The van der Waals surface area contributed by atoms with E-state index in [1.54, 1.807) is 0 Å². The topological polar surface area (TPSA) is 140 Å². The number of carbonyl (C=O) groups is 3. The van der Waals surface area contributed by atoms with Crippen LogP contribution in [-0.2, 0) is 28.6 Å². The maximum absolute atomic E-state index is 10.4. The Balaban J connectivity index is 4.25. The summed E-state index contributed by atoms with van der Waals surface area (Å²) in [6.07, 6.45) is -0.0131. The fourth-order valence-electron chi connectivity index (χ4n) is 1.03. The van der Waals surface area contributed by atoms with Gasteiger partial charge in [0.2, 0.25) is 0 Å². The number of aliphatic carboxylic acids is 3. The summed E-state index contributed by atoms with van der Waals surface area (Å²) in [5.74, 6) is -5.11. The zero-order valence-electron chi connectivity index (χ0n) is 10.3. The highest BCUT2D eigenvalue weighted by Crippen LogP contribution is 2.17. The average molecular weight is 280 g/mol. The van der Waals surface area contributed by atoms with E-state index in [0.717, 1.165) is 0 Å². The quantitative estimate of drug-likeness (QED) is 0.334. The summed E-state index contributed by atoms with van der Waals surface area (Å²) in [7, 11) is 0. The van der Waals surface area contributed by atoms with E-state index in [4.69, 9.17) is 29.5 Å². The van der Waals surface area contributed by atoms with Crippen molar-refractivity contribution in [2.24, 2.45) is 0 Å². The first-order chi connectivity index (χ1) is 8.75. The Morgan fingerprint density at radius 2 is 1.32 bits per heavy atom. The van der Waals surface area contributed by atoms with Gasteiger partial charge in [-0.05, 0) is 6.92 Å². The number of hydrogen-bond acceptors (Lipinski definition) is 6. The van der Waals surface area contributed by atoms with E-state index in [9.17, 15) is 14.4 Å². The lowest BCUT2D eigenvalue weighted by Crippen LogP contribution is -2.37. The van der Waals surface area contributed by atoms with Crippen LogP contribution in [0.5, 0.6) is 0 Å². The van der Waals surface area contributed by atoms with E-state index in [-0.39, 0.29) is 13.0 Å². The predicted molar refractivity (Wildman–Crippen MR) is 58.7 cm³/mol. The molecule has 0 saturated carbocycles. The molecule has 0 unspecified atom stereocenters. The Hall–Kier alpha value is -1.71. The van der Waals surface area contributed by atoms with Crippen LogP contribution < -0.4 is 0 Å². The number of carboxylic acid groups (broad SMARTS) is 3. The Kier molecular flexibility index (Phi) is 7.65. The van der Waals surface area contributed by atoms with E-state index in [0.29, 0.717) is 0 Å². The monoisotopic (exact) mass is 280 g/mol. The molecule has 0 heterocycles. The summed E-state index contributed by atoms with van der Waals surface area (Å²) in [5, 5.41) is 25.3. The number of ether oxygens (including phenoxy) is 3. The van der Waals surface area contributed by atoms with Crippen molar-refractivity contribution < 1.29 is 43.9 Å². The van der Waals surface area contributed by atoms with Crippen LogP contribution >= 0.6 is 0 Å². The third-order valence-electron chi connectivity index (χ3n) is 1.93. The largest absolute Gasteiger partial charge is 0.480 e. The van der Waals surface area contributed by atoms with Crippen LogP contribution in [0.3, 0.4) is 0 Å². The minimum Gasteiger partial charge on any atom is -0.480 e. The molecule has 0 amide bonds. The lowest BCUT2D eigenvalue weighted by Gasteiger charge is -2.28. The highest BCUT2D eigenvalue weighted by atomic mass is 16.7. The van der Waals surface area contributed by atoms with E-state index in [1.807, 2.05) is 0 Å². The van der Waals surface area contributed by atoms with E-state index in [2.05, 4.69) is 0 Å². The summed E-state index contributed by atoms with van der Waals surface area (Å²) in [6.45, 7) is -0.594. The van der Waals surface area contributed by atoms with E-state index in [1.165, 1.54) is 6.92 Å². The van der Waals surface area contributed by atoms with Crippen molar-refractivity contribution in [3.8, 4) is 0 Å². The summed E-state index contributed by atoms with van der Waals surface area (Å²) in [5.41, 5.74) is 0. The van der Waals surface area contributed by atoms with Crippen LogP contribution in [0.4, 0.5) is 0 Å². The van der Waals surface area contributed by atoms with Gasteiger partial charge in [0.15, 0.2) is 5.79 Å². The van der Waals surface area contributed by atoms with Crippen molar-refractivity contribution in [1.29, 1.82) is 0 Å². The normalized spacial score (nSPS) is 11.2. The fourth-order valence-corrected chi connectivity index (χ4v) is 1.03. The molecule has 0 aromatic carbocycles. The maximum atomic E-state index is 10.4. The third-order valence-corrected chi connectivity index (χ3v) is 1.93. The smallest absolute Gasteiger partial charge is 0.329 e. The van der Waals surface area contributed by atoms with Gasteiger partial charge in [-0.25, -0.2) is 14.4 Å². The van der Waals surface area contributed by atoms with Gasteiger partial charge >= 0.3 is 17.9 Å². The van der Waals surface area contributed by atoms with Crippen molar-refractivity contribution in [3.05, 3.63) is 0 Å². The van der Waals surface area contributed by atoms with Crippen molar-refractivity contribution in [3.63, 3.8) is 0 Å². The van der Waals surface area contributed by atoms with Crippen LogP contribution in [-0.4, -0.2) is 65.4 Å². The van der Waals surface area contributed by atoms with Crippen molar-refractivity contribution >= 4 is 17.9 Å². The summed E-state index contributed by atoms with van der Waals surface area (Å²) in [4.78, 5) is 31.0. The van der Waals surface area contributed by atoms with Crippen molar-refractivity contribution in [2.75, 3.05) is 26.4 Å². The molecule has 0 bridgehead atoms. The Morgan fingerprint density at radius 3 is 1.68 bits per heavy atom. The molecule has 0 aromatic heterocycles. The fraction of sp³-hybridized carbons (Fsp3) is 0.700. The van der Waals surface area contributed by atoms with Gasteiger partial charge in [0, 0.05) is 6.42 Å². The van der Waals surface area contributed by atoms with Crippen LogP contribution in [0, 0.1) is 0 Å². The molecule has 0 aromatic rings. The summed E-state index contributed by atoms with van der Waals surface area (Å²) >= 11 is 0. The minimum absolute atomic E-state index is 0.0131. The standard InChI is InChI=1S/C10H16O9/c1-10(18-5-8(13)14,19-6-9(15)16)2-3-17-4-7(11)12/h2-6H2,1H3,(H,11,12)(H,13,14)(H,15,16). The van der Waals surface area contributed by atoms with Crippen molar-refractivity contribution in [1.82, 2.24) is 0 Å². The second-order valence-corrected chi connectivity index (χ2v) is 3.69. The molecule has 0 radical (unpaired) electrons. The molecule has 0 aliphatic rings. The van der Waals surface area contributed by atoms with Crippen molar-refractivity contribution in [2.45, 2.75) is 19.1 Å². The molecule has 9 heteroatoms. The first kappa shape index (κ1) is 17.3. The van der Waals surface area contributed by atoms with Crippen LogP contribution in [0.1, 0.15) is 13.3 Å². The first-order valence-corrected chi connectivity index (χ1v) is 5.26. The van der Waals surface area contributed by atoms with Gasteiger partial charge < -0.3 is 29.5 Å². The molecule has 0 spiro atoms. The van der Waals surface area contributed by atoms with Crippen LogP contribution in [0.15, 0.2) is 0 Å². The molecule has 19 heavy (non-hydrogen) atoms. The van der Waals surface area contributed by atoms with Gasteiger partial charge in [0.25, 0.3) is 0 Å². The second kappa shape index (κ2) is 8.40. The van der Waals surface area contributed by atoms with Gasteiger partial charge in [-0.15, -0.1) is 0 Å². The molecule has 0 fully saturated rings. The van der Waals surface area contributed by atoms with E-state index >= 15 is 0 Å². The van der Waals surface area contributed by atoms with Crippen LogP contribution in [0.2, 0.25) is 0 Å². The molecule has 0 rings (SSSR count). The van der Waals surface area contributed by atoms with Gasteiger partial charge in [-0.2, -0.15) is 0 Å². The third kappa shape index (κ3) is 9.94. The molecule has 0 aliphatic heterocycles. The number of carboxylic acids is 3. The van der Waals surface area contributed by atoms with E-state index < -0.39 is 43.5 Å². The molecular formula is C10H16O9. The SMILES string of the molecule is CC(CCOCC(=O)O)(OCC(=O)O)OCC(=O)O. The summed E-state index contributed by atoms with van der Waals surface area (Å²) in [6, 6.07) is 0. The highest BCUT2D eigenvalue weighted by molar-refractivity contribution is 5.68. The molecule has 9 nitrogen and oxygen atoms in total. The zero-order chi connectivity index (χ0) is 14.9. The molecule has 3 N–H and O–H groups in total. The molecule has 0 atom stereocenters. The zero-order valence-corrected chi connectivity index (χ0v) is 10.3. The maximum Gasteiger partial charge on any atom is 0.329 e. The highest BCUT2D eigenvalue weighted by Gasteiger charge is 2.28. The Labute approximate surface area is 108 Å². The number of hydrogen-bond donors (Lipinski definition) is 3. The number of rotatable bonds is 11. The van der Waals surface area contributed by atoms with Gasteiger partial charge in [-0.1, -0.05) is 0 Å². The van der Waals surface area contributed by atoms with Gasteiger partial charge in [0.05, 0.1) is 6.61 Å². The van der Waals surface area contributed by atoms with Crippen LogP contribution in [0.25, 0.3) is 0 Å². The molecular weight excluding hydrogens is 264 g/mol. The molecule has 0 saturated heterocycles.